The van der Waals surface area contributed by atoms with E-state index in [0.717, 1.165) is 28.0 Å². The summed E-state index contributed by atoms with van der Waals surface area (Å²) in [5, 5.41) is 15.1. The summed E-state index contributed by atoms with van der Waals surface area (Å²) < 4.78 is 0. The number of hydrogen-bond acceptors (Lipinski definition) is 5. The zero-order valence-corrected chi connectivity index (χ0v) is 14.6. The highest BCUT2D eigenvalue weighted by Gasteiger charge is 2.13. The number of fused-ring (bicyclic) bond motifs is 1. The number of H-pyrrole nitrogens is 1. The largest absolute Gasteiger partial charge is 0.363 e. The summed E-state index contributed by atoms with van der Waals surface area (Å²) >= 11 is 0. The van der Waals surface area contributed by atoms with Crippen LogP contribution in [0.1, 0.15) is 18.5 Å². The molecule has 0 aliphatic carbocycles. The van der Waals surface area contributed by atoms with Crippen molar-refractivity contribution in [3.8, 4) is 11.3 Å². The van der Waals surface area contributed by atoms with Crippen LogP contribution >= 0.6 is 0 Å². The summed E-state index contributed by atoms with van der Waals surface area (Å²) in [5.74, 6) is 0.737. The molecule has 0 radical (unpaired) electrons. The molecular formula is C20H17N5O2. The second-order valence-corrected chi connectivity index (χ2v) is 6.25. The van der Waals surface area contributed by atoms with Crippen molar-refractivity contribution in [3.05, 3.63) is 82.7 Å². The smallest absolute Gasteiger partial charge is 0.269 e. The SMILES string of the molecule is C[C@@H](Nc1ncnc2[nH]c(-c3ccc([N+](=O)[O-])cc3)cc12)c1ccccc1. The lowest BCUT2D eigenvalue weighted by Crippen LogP contribution is -2.08. The van der Waals surface area contributed by atoms with Crippen LogP contribution in [0.15, 0.2) is 67.0 Å². The fraction of sp³-hybridized carbons (Fsp3) is 0.100. The van der Waals surface area contributed by atoms with E-state index in [1.54, 1.807) is 12.1 Å². The van der Waals surface area contributed by atoms with Crippen molar-refractivity contribution in [1.82, 2.24) is 15.0 Å². The van der Waals surface area contributed by atoms with Gasteiger partial charge in [0, 0.05) is 23.9 Å². The van der Waals surface area contributed by atoms with Crippen LogP contribution in [0.2, 0.25) is 0 Å². The van der Waals surface area contributed by atoms with Crippen LogP contribution in [0, 0.1) is 10.1 Å². The van der Waals surface area contributed by atoms with E-state index in [9.17, 15) is 10.1 Å². The number of benzene rings is 2. The van der Waals surface area contributed by atoms with Crippen molar-refractivity contribution in [2.75, 3.05) is 5.32 Å². The van der Waals surface area contributed by atoms with Gasteiger partial charge in [-0.15, -0.1) is 0 Å². The summed E-state index contributed by atoms with van der Waals surface area (Å²) in [6, 6.07) is 18.6. The van der Waals surface area contributed by atoms with Gasteiger partial charge in [0.2, 0.25) is 0 Å². The van der Waals surface area contributed by atoms with E-state index in [4.69, 9.17) is 0 Å². The fourth-order valence-electron chi connectivity index (χ4n) is 3.00. The lowest BCUT2D eigenvalue weighted by atomic mass is 10.1. The second kappa shape index (κ2) is 6.87. The molecule has 0 aliphatic rings. The van der Waals surface area contributed by atoms with Crippen LogP contribution in [-0.4, -0.2) is 19.9 Å². The topological polar surface area (TPSA) is 96.7 Å². The number of aromatic nitrogens is 3. The maximum atomic E-state index is 10.8. The Morgan fingerprint density at radius 2 is 1.81 bits per heavy atom. The number of nitro groups is 1. The highest BCUT2D eigenvalue weighted by Crippen LogP contribution is 2.29. The van der Waals surface area contributed by atoms with Gasteiger partial charge in [0.05, 0.1) is 10.3 Å². The van der Waals surface area contributed by atoms with Gasteiger partial charge >= 0.3 is 0 Å². The summed E-state index contributed by atoms with van der Waals surface area (Å²) in [6.45, 7) is 2.08. The number of anilines is 1. The first-order valence-electron chi connectivity index (χ1n) is 8.52. The molecule has 0 saturated carbocycles. The number of nitrogens with one attached hydrogen (secondary N) is 2. The molecule has 0 saturated heterocycles. The first-order chi connectivity index (χ1) is 13.1. The first-order valence-corrected chi connectivity index (χ1v) is 8.52. The number of rotatable bonds is 5. The van der Waals surface area contributed by atoms with Gasteiger partial charge in [-0.3, -0.25) is 10.1 Å². The zero-order valence-electron chi connectivity index (χ0n) is 14.6. The molecular weight excluding hydrogens is 342 g/mol. The average molecular weight is 359 g/mol. The van der Waals surface area contributed by atoms with E-state index < -0.39 is 4.92 Å². The Bertz CT molecular complexity index is 1090. The predicted molar refractivity (Wildman–Crippen MR) is 104 cm³/mol. The first kappa shape index (κ1) is 16.7. The van der Waals surface area contributed by atoms with E-state index in [-0.39, 0.29) is 11.7 Å². The molecule has 4 rings (SSSR count). The van der Waals surface area contributed by atoms with Crippen molar-refractivity contribution in [3.63, 3.8) is 0 Å². The third-order valence-electron chi connectivity index (χ3n) is 4.47. The molecule has 27 heavy (non-hydrogen) atoms. The molecule has 0 spiro atoms. The standard InChI is InChI=1S/C20H17N5O2/c1-13(14-5-3-2-4-6-14)23-19-17-11-18(24-20(17)22-12-21-19)15-7-9-16(10-8-15)25(26)27/h2-13H,1H3,(H2,21,22,23,24)/t13-/m1/s1. The summed E-state index contributed by atoms with van der Waals surface area (Å²) in [4.78, 5) is 22.4. The fourth-order valence-corrected chi connectivity index (χ4v) is 3.00. The minimum Gasteiger partial charge on any atom is -0.363 e. The Morgan fingerprint density at radius 1 is 1.07 bits per heavy atom. The average Bonchev–Trinajstić information content (AvgIpc) is 3.14. The van der Waals surface area contributed by atoms with Gasteiger partial charge in [-0.25, -0.2) is 9.97 Å². The van der Waals surface area contributed by atoms with E-state index in [0.29, 0.717) is 5.65 Å². The van der Waals surface area contributed by atoms with Crippen molar-refractivity contribution in [1.29, 1.82) is 0 Å². The van der Waals surface area contributed by atoms with Crippen LogP contribution in [0.4, 0.5) is 11.5 Å². The van der Waals surface area contributed by atoms with Crippen molar-refractivity contribution in [2.24, 2.45) is 0 Å². The predicted octanol–water partition coefficient (Wildman–Crippen LogP) is 4.71. The van der Waals surface area contributed by atoms with Crippen LogP contribution in [-0.2, 0) is 0 Å². The summed E-state index contributed by atoms with van der Waals surface area (Å²) in [5.41, 5.74) is 3.61. The molecule has 7 heteroatoms. The third kappa shape index (κ3) is 3.35. The van der Waals surface area contributed by atoms with Crippen LogP contribution in [0.3, 0.4) is 0 Å². The molecule has 0 amide bonds. The van der Waals surface area contributed by atoms with Gasteiger partial charge in [-0.1, -0.05) is 30.3 Å². The number of non-ortho nitro benzene ring substituents is 1. The monoisotopic (exact) mass is 359 g/mol. The molecule has 134 valence electrons. The van der Waals surface area contributed by atoms with Crippen molar-refractivity contribution < 1.29 is 4.92 Å². The molecule has 2 N–H and O–H groups in total. The quantitative estimate of drug-likeness (QED) is 0.397. The summed E-state index contributed by atoms with van der Waals surface area (Å²) in [6.07, 6.45) is 1.51. The van der Waals surface area contributed by atoms with Crippen molar-refractivity contribution >= 4 is 22.5 Å². The second-order valence-electron chi connectivity index (χ2n) is 6.25. The molecule has 0 bridgehead atoms. The van der Waals surface area contributed by atoms with E-state index in [2.05, 4.69) is 39.3 Å². The number of hydrogen-bond donors (Lipinski definition) is 2. The Balaban J connectivity index is 1.67. The highest BCUT2D eigenvalue weighted by atomic mass is 16.6. The molecule has 2 heterocycles. The number of nitrogens with zero attached hydrogens (tertiary/aromatic N) is 3. The Labute approximate surface area is 155 Å². The van der Waals surface area contributed by atoms with Gasteiger partial charge in [-0.2, -0.15) is 0 Å². The Hall–Kier alpha value is -3.74. The van der Waals surface area contributed by atoms with Gasteiger partial charge in [0.1, 0.15) is 17.8 Å². The summed E-state index contributed by atoms with van der Waals surface area (Å²) in [7, 11) is 0. The molecule has 0 fully saturated rings. The molecule has 4 aromatic rings. The van der Waals surface area contributed by atoms with Gasteiger partial charge in [0.15, 0.2) is 0 Å². The highest BCUT2D eigenvalue weighted by molar-refractivity contribution is 5.91. The van der Waals surface area contributed by atoms with Crippen LogP contribution in [0.5, 0.6) is 0 Å². The molecule has 7 nitrogen and oxygen atoms in total. The maximum Gasteiger partial charge on any atom is 0.269 e. The van der Waals surface area contributed by atoms with Crippen LogP contribution in [0.25, 0.3) is 22.3 Å². The molecule has 2 aromatic heterocycles. The van der Waals surface area contributed by atoms with Gasteiger partial charge in [-0.05, 0) is 36.2 Å². The van der Waals surface area contributed by atoms with Gasteiger partial charge < -0.3 is 10.3 Å². The number of nitro benzene ring substituents is 1. The maximum absolute atomic E-state index is 10.8. The van der Waals surface area contributed by atoms with Crippen molar-refractivity contribution in [2.45, 2.75) is 13.0 Å². The molecule has 1 atom stereocenters. The lowest BCUT2D eigenvalue weighted by molar-refractivity contribution is -0.384. The Kier molecular flexibility index (Phi) is 4.25. The van der Waals surface area contributed by atoms with E-state index in [1.165, 1.54) is 18.5 Å². The van der Waals surface area contributed by atoms with Gasteiger partial charge in [0.25, 0.3) is 5.69 Å². The van der Waals surface area contributed by atoms with E-state index >= 15 is 0 Å². The molecule has 0 aliphatic heterocycles. The minimum atomic E-state index is -0.409. The van der Waals surface area contributed by atoms with E-state index in [1.807, 2.05) is 24.3 Å². The molecule has 2 aromatic carbocycles. The molecule has 0 unspecified atom stereocenters. The Morgan fingerprint density at radius 3 is 2.52 bits per heavy atom. The normalized spacial score (nSPS) is 12.0. The lowest BCUT2D eigenvalue weighted by Gasteiger charge is -2.15. The number of aromatic amines is 1. The van der Waals surface area contributed by atoms with Crippen LogP contribution < -0.4 is 5.32 Å². The third-order valence-corrected chi connectivity index (χ3v) is 4.47. The minimum absolute atomic E-state index is 0.0636. The zero-order chi connectivity index (χ0) is 18.8.